The quantitative estimate of drug-likeness (QED) is 0.258. The molecule has 0 bridgehead atoms. The van der Waals surface area contributed by atoms with Crippen molar-refractivity contribution >= 4 is 17.8 Å². The molecule has 2 heterocycles. The smallest absolute Gasteiger partial charge is 0.416 e. The monoisotopic (exact) mass is 577 g/mol. The number of methoxy groups -OCH3 is 1. The van der Waals surface area contributed by atoms with Gasteiger partial charge in [-0.15, -0.1) is 0 Å². The van der Waals surface area contributed by atoms with E-state index in [-0.39, 0.29) is 35.8 Å². The number of pyridine rings is 1. The zero-order valence-corrected chi connectivity index (χ0v) is 23.8. The molecule has 1 aromatic heterocycles. The summed E-state index contributed by atoms with van der Waals surface area (Å²) in [5, 5.41) is 0. The van der Waals surface area contributed by atoms with Crippen LogP contribution < -0.4 is 0 Å². The molecule has 1 aliphatic heterocycles. The number of carbonyl (C=O) groups is 2. The standard InChI is InChI=1S/C33H34F3N3O3/c1-38-10-12-39(13-11-38)21-26-9-8-25(18-29(26)33(34,35)36)31(40)16-23-5-3-4-22(14-23)6-7-24-15-27-17-28(32(41)42-2)19-30(27)37-20-24/h3-5,8-9,14-15,17-18,20H,6-7,10-13,16,19,21H2,1-2H3. The number of esters is 1. The number of aromatic nitrogens is 1. The lowest BCUT2D eigenvalue weighted by molar-refractivity contribution is -0.138. The lowest BCUT2D eigenvalue weighted by Crippen LogP contribution is -2.44. The Morgan fingerprint density at radius 3 is 2.43 bits per heavy atom. The summed E-state index contributed by atoms with van der Waals surface area (Å²) in [6.07, 6.45) is 0.977. The molecule has 0 N–H and O–H groups in total. The number of nitrogens with zero attached hydrogens (tertiary/aromatic N) is 3. The van der Waals surface area contributed by atoms with E-state index < -0.39 is 11.7 Å². The van der Waals surface area contributed by atoms with Crippen molar-refractivity contribution in [1.29, 1.82) is 0 Å². The van der Waals surface area contributed by atoms with Crippen LogP contribution in [0.25, 0.3) is 6.08 Å². The molecule has 2 aromatic carbocycles. The Balaban J connectivity index is 1.24. The van der Waals surface area contributed by atoms with Crippen LogP contribution in [-0.2, 0) is 47.9 Å². The molecule has 2 aliphatic rings. The molecule has 1 aliphatic carbocycles. The van der Waals surface area contributed by atoms with E-state index in [1.807, 2.05) is 54.6 Å². The van der Waals surface area contributed by atoms with Crippen LogP contribution in [-0.4, -0.2) is 66.9 Å². The van der Waals surface area contributed by atoms with Crippen LogP contribution >= 0.6 is 0 Å². The van der Waals surface area contributed by atoms with Crippen molar-refractivity contribution in [3.8, 4) is 0 Å². The van der Waals surface area contributed by atoms with E-state index in [2.05, 4.69) is 9.88 Å². The van der Waals surface area contributed by atoms with Crippen molar-refractivity contribution in [3.63, 3.8) is 0 Å². The molecule has 9 heteroatoms. The van der Waals surface area contributed by atoms with E-state index >= 15 is 0 Å². The van der Waals surface area contributed by atoms with E-state index in [1.165, 1.54) is 19.2 Å². The van der Waals surface area contributed by atoms with Crippen LogP contribution in [0.3, 0.4) is 0 Å². The Morgan fingerprint density at radius 2 is 1.69 bits per heavy atom. The molecule has 42 heavy (non-hydrogen) atoms. The normalized spacial score (nSPS) is 15.8. The van der Waals surface area contributed by atoms with Crippen molar-refractivity contribution in [3.05, 3.63) is 105 Å². The first-order chi connectivity index (χ1) is 20.1. The van der Waals surface area contributed by atoms with Crippen LogP contribution in [0.1, 0.15) is 49.4 Å². The number of hydrogen-bond acceptors (Lipinski definition) is 6. The number of aryl methyl sites for hydroxylation is 2. The maximum atomic E-state index is 14.0. The highest BCUT2D eigenvalue weighted by Crippen LogP contribution is 2.34. The van der Waals surface area contributed by atoms with E-state index in [9.17, 15) is 22.8 Å². The number of likely N-dealkylation sites (N-methyl/N-ethyl adjacent to an activating group) is 1. The lowest BCUT2D eigenvalue weighted by Gasteiger charge is -2.33. The second kappa shape index (κ2) is 12.6. The summed E-state index contributed by atoms with van der Waals surface area (Å²) in [7, 11) is 3.36. The molecule has 3 aromatic rings. The molecule has 0 unspecified atom stereocenters. The second-order valence-corrected chi connectivity index (χ2v) is 11.1. The molecule has 0 amide bonds. The van der Waals surface area contributed by atoms with Gasteiger partial charge in [0.2, 0.25) is 0 Å². The average Bonchev–Trinajstić information content (AvgIpc) is 3.40. The highest BCUT2D eigenvalue weighted by atomic mass is 19.4. The van der Waals surface area contributed by atoms with Gasteiger partial charge in [0.05, 0.1) is 18.4 Å². The molecule has 1 fully saturated rings. The molecule has 6 nitrogen and oxygen atoms in total. The predicted molar refractivity (Wildman–Crippen MR) is 154 cm³/mol. The lowest BCUT2D eigenvalue weighted by atomic mass is 9.96. The van der Waals surface area contributed by atoms with E-state index in [0.717, 1.165) is 47.1 Å². The summed E-state index contributed by atoms with van der Waals surface area (Å²) in [6.45, 7) is 3.26. The molecule has 0 atom stereocenters. The number of hydrogen-bond donors (Lipinski definition) is 0. The van der Waals surface area contributed by atoms with E-state index in [4.69, 9.17) is 4.74 Å². The number of halogens is 3. The number of ketones is 1. The fraction of sp³-hybridized carbons (Fsp3) is 0.364. The minimum absolute atomic E-state index is 0.0183. The van der Waals surface area contributed by atoms with Gasteiger partial charge in [0, 0.05) is 62.9 Å². The number of alkyl halides is 3. The first-order valence-corrected chi connectivity index (χ1v) is 14.1. The van der Waals surface area contributed by atoms with Gasteiger partial charge in [-0.25, -0.2) is 4.79 Å². The van der Waals surface area contributed by atoms with Gasteiger partial charge in [0.1, 0.15) is 0 Å². The third kappa shape index (κ3) is 7.14. The minimum atomic E-state index is -4.54. The molecule has 1 saturated heterocycles. The summed E-state index contributed by atoms with van der Waals surface area (Å²) in [5.41, 5.74) is 4.67. The van der Waals surface area contributed by atoms with Gasteiger partial charge < -0.3 is 9.64 Å². The van der Waals surface area contributed by atoms with Crippen molar-refractivity contribution in [2.45, 2.75) is 38.4 Å². The fourth-order valence-corrected chi connectivity index (χ4v) is 5.52. The number of piperazine rings is 1. The van der Waals surface area contributed by atoms with Crippen molar-refractivity contribution in [2.75, 3.05) is 40.3 Å². The first-order valence-electron chi connectivity index (χ1n) is 14.1. The third-order valence-corrected chi connectivity index (χ3v) is 7.98. The average molecular weight is 578 g/mol. The van der Waals surface area contributed by atoms with Crippen LogP contribution in [0.5, 0.6) is 0 Å². The summed E-state index contributed by atoms with van der Waals surface area (Å²) >= 11 is 0. The highest BCUT2D eigenvalue weighted by Gasteiger charge is 2.34. The summed E-state index contributed by atoms with van der Waals surface area (Å²) < 4.78 is 46.8. The molecule has 220 valence electrons. The molecule has 0 spiro atoms. The van der Waals surface area contributed by atoms with Crippen LogP contribution in [0.4, 0.5) is 13.2 Å². The summed E-state index contributed by atoms with van der Waals surface area (Å²) in [5.74, 6) is -0.697. The Labute approximate surface area is 243 Å². The maximum absolute atomic E-state index is 14.0. The topological polar surface area (TPSA) is 62.7 Å². The predicted octanol–water partition coefficient (Wildman–Crippen LogP) is 5.17. The van der Waals surface area contributed by atoms with Gasteiger partial charge in [-0.3, -0.25) is 14.7 Å². The van der Waals surface area contributed by atoms with Crippen LogP contribution in [0.15, 0.2) is 60.3 Å². The van der Waals surface area contributed by atoms with Crippen molar-refractivity contribution < 1.29 is 27.5 Å². The minimum Gasteiger partial charge on any atom is -0.466 e. The van der Waals surface area contributed by atoms with Gasteiger partial charge in [0.15, 0.2) is 5.78 Å². The number of rotatable bonds is 9. The van der Waals surface area contributed by atoms with E-state index in [0.29, 0.717) is 37.9 Å². The van der Waals surface area contributed by atoms with Gasteiger partial charge in [-0.1, -0.05) is 36.4 Å². The van der Waals surface area contributed by atoms with Gasteiger partial charge in [-0.05, 0) is 65.9 Å². The van der Waals surface area contributed by atoms with Gasteiger partial charge >= 0.3 is 12.1 Å². The number of benzene rings is 2. The van der Waals surface area contributed by atoms with E-state index in [1.54, 1.807) is 0 Å². The number of fused-ring (bicyclic) bond motifs is 1. The Morgan fingerprint density at radius 1 is 0.952 bits per heavy atom. The first kappa shape index (κ1) is 29.7. The SMILES string of the molecule is COC(=O)C1=Cc2cc(CCc3cccc(CC(=O)c4ccc(CN5CCN(C)CC5)c(C(F)(F)F)c4)c3)cnc2C1. The van der Waals surface area contributed by atoms with Crippen LogP contribution in [0.2, 0.25) is 0 Å². The van der Waals surface area contributed by atoms with Crippen LogP contribution in [0, 0.1) is 0 Å². The zero-order valence-electron chi connectivity index (χ0n) is 23.8. The van der Waals surface area contributed by atoms with Gasteiger partial charge in [0.25, 0.3) is 0 Å². The molecule has 0 saturated carbocycles. The summed E-state index contributed by atoms with van der Waals surface area (Å²) in [6, 6.07) is 13.6. The zero-order chi connectivity index (χ0) is 29.9. The molecular formula is C33H34F3N3O3. The molecule has 5 rings (SSSR count). The molecule has 0 radical (unpaired) electrons. The van der Waals surface area contributed by atoms with Gasteiger partial charge in [-0.2, -0.15) is 13.2 Å². The highest BCUT2D eigenvalue weighted by molar-refractivity contribution is 5.98. The Kier molecular flexibility index (Phi) is 8.89. The Hall–Kier alpha value is -3.82. The Bertz CT molecular complexity index is 1510. The maximum Gasteiger partial charge on any atom is 0.416 e. The largest absolute Gasteiger partial charge is 0.466 e. The number of Topliss-reactive ketones (excluding diaryl/α,β-unsaturated/α-hetero) is 1. The second-order valence-electron chi connectivity index (χ2n) is 11.1. The summed E-state index contributed by atoms with van der Waals surface area (Å²) in [4.78, 5) is 33.6. The number of carbonyl (C=O) groups excluding carboxylic acids is 2. The number of ether oxygens (including phenoxy) is 1. The molecular weight excluding hydrogens is 543 g/mol. The third-order valence-electron chi connectivity index (χ3n) is 7.98. The van der Waals surface area contributed by atoms with Crippen molar-refractivity contribution in [2.24, 2.45) is 0 Å². The van der Waals surface area contributed by atoms with Crippen molar-refractivity contribution in [1.82, 2.24) is 14.8 Å². The fourth-order valence-electron chi connectivity index (χ4n) is 5.52.